The number of nitrogens with zero attached hydrogens (tertiary/aromatic N) is 3. The number of rotatable bonds is 1. The summed E-state index contributed by atoms with van der Waals surface area (Å²) < 4.78 is 6.61. The van der Waals surface area contributed by atoms with Crippen molar-refractivity contribution in [2.75, 3.05) is 18.0 Å². The fraction of sp³-hybridized carbons (Fsp3) is 0.583. The lowest BCUT2D eigenvalue weighted by Crippen LogP contribution is -2.55. The highest BCUT2D eigenvalue weighted by molar-refractivity contribution is 5.87. The van der Waals surface area contributed by atoms with Gasteiger partial charge < -0.3 is 14.7 Å². The van der Waals surface area contributed by atoms with E-state index in [2.05, 4.69) is 31.7 Å². The highest BCUT2D eigenvalue weighted by Crippen LogP contribution is 2.43. The summed E-state index contributed by atoms with van der Waals surface area (Å²) in [5, 5.41) is 21.4. The second-order valence-corrected chi connectivity index (χ2v) is 9.80. The van der Waals surface area contributed by atoms with E-state index in [-0.39, 0.29) is 23.2 Å². The Hall–Kier alpha value is -2.16. The van der Waals surface area contributed by atoms with E-state index in [4.69, 9.17) is 9.72 Å². The van der Waals surface area contributed by atoms with E-state index in [0.29, 0.717) is 18.4 Å². The monoisotopic (exact) mass is 393 g/mol. The Bertz CT molecular complexity index is 949. The van der Waals surface area contributed by atoms with Gasteiger partial charge >= 0.3 is 0 Å². The van der Waals surface area contributed by atoms with Crippen molar-refractivity contribution in [1.82, 2.24) is 4.98 Å². The average Bonchev–Trinajstić information content (AvgIpc) is 2.67. The minimum atomic E-state index is -0.310. The van der Waals surface area contributed by atoms with Gasteiger partial charge in [0.05, 0.1) is 28.9 Å². The number of aryl methyl sites for hydroxylation is 1. The van der Waals surface area contributed by atoms with E-state index in [0.717, 1.165) is 48.2 Å². The number of anilines is 1. The topological polar surface area (TPSA) is 69.4 Å². The number of piperidine rings is 1. The number of aliphatic hydroxyl groups excluding tert-OH is 1. The molecule has 1 aromatic heterocycles. The van der Waals surface area contributed by atoms with E-state index >= 15 is 0 Å². The van der Waals surface area contributed by atoms with Gasteiger partial charge in [-0.15, -0.1) is 0 Å². The molecule has 2 aliphatic heterocycles. The minimum absolute atomic E-state index is 0.0104. The molecule has 5 nitrogen and oxygen atoms in total. The number of aliphatic hydroxyl groups is 1. The number of pyridine rings is 1. The van der Waals surface area contributed by atoms with Crippen LogP contribution in [-0.4, -0.2) is 41.0 Å². The van der Waals surface area contributed by atoms with Crippen LogP contribution in [0.15, 0.2) is 24.3 Å². The molecule has 4 rings (SSSR count). The smallest absolute Gasteiger partial charge is 0.147 e. The van der Waals surface area contributed by atoms with Crippen LogP contribution in [0.4, 0.5) is 5.82 Å². The molecule has 0 bridgehead atoms. The third-order valence-electron chi connectivity index (χ3n) is 6.67. The Kier molecular flexibility index (Phi) is 5.04. The molecule has 1 spiro atoms. The summed E-state index contributed by atoms with van der Waals surface area (Å²) >= 11 is 0. The zero-order chi connectivity index (χ0) is 20.8. The molecule has 0 amide bonds. The molecule has 1 aromatic carbocycles. The lowest BCUT2D eigenvalue weighted by Gasteiger charge is -2.51. The van der Waals surface area contributed by atoms with Crippen LogP contribution < -0.4 is 4.90 Å². The largest absolute Gasteiger partial charge is 0.393 e. The van der Waals surface area contributed by atoms with Gasteiger partial charge in [0.15, 0.2) is 0 Å². The first-order valence-electron chi connectivity index (χ1n) is 10.6. The Morgan fingerprint density at radius 1 is 1.24 bits per heavy atom. The lowest BCUT2D eigenvalue weighted by molar-refractivity contribution is -0.199. The van der Waals surface area contributed by atoms with Crippen molar-refractivity contribution in [1.29, 1.82) is 5.26 Å². The molecule has 2 saturated heterocycles. The summed E-state index contributed by atoms with van der Waals surface area (Å²) in [5.74, 6) is 0.780. The molecule has 3 heterocycles. The van der Waals surface area contributed by atoms with Gasteiger partial charge in [0.1, 0.15) is 11.9 Å². The van der Waals surface area contributed by atoms with Crippen LogP contribution in [0.3, 0.4) is 0 Å². The molecule has 29 heavy (non-hydrogen) atoms. The number of nitriles is 1. The van der Waals surface area contributed by atoms with Gasteiger partial charge in [0.2, 0.25) is 0 Å². The summed E-state index contributed by atoms with van der Waals surface area (Å²) in [5.41, 5.74) is 2.32. The number of benzene rings is 1. The van der Waals surface area contributed by atoms with Crippen molar-refractivity contribution in [3.8, 4) is 6.07 Å². The molecule has 1 N–H and O–H groups in total. The zero-order valence-electron chi connectivity index (χ0n) is 17.9. The van der Waals surface area contributed by atoms with Crippen LogP contribution in [0.25, 0.3) is 10.9 Å². The van der Waals surface area contributed by atoms with Crippen LogP contribution in [0, 0.1) is 23.7 Å². The Balaban J connectivity index is 1.60. The van der Waals surface area contributed by atoms with Crippen LogP contribution in [0.2, 0.25) is 0 Å². The normalized spacial score (nSPS) is 24.6. The highest BCUT2D eigenvalue weighted by atomic mass is 16.5. The van der Waals surface area contributed by atoms with Crippen LogP contribution in [0.5, 0.6) is 0 Å². The predicted molar refractivity (Wildman–Crippen MR) is 115 cm³/mol. The van der Waals surface area contributed by atoms with E-state index in [1.54, 1.807) is 0 Å². The molecule has 0 unspecified atom stereocenters. The molecular formula is C24H31N3O2. The second kappa shape index (κ2) is 7.27. The molecular weight excluding hydrogens is 362 g/mol. The van der Waals surface area contributed by atoms with Crippen molar-refractivity contribution in [3.05, 3.63) is 35.4 Å². The zero-order valence-corrected chi connectivity index (χ0v) is 17.9. The SMILES string of the molecule is Cc1c(C#N)c(N2CCC3(CC2)C[C@H](O)C[C@H](C(C)(C)C)O3)nc2ccccc12. The summed E-state index contributed by atoms with van der Waals surface area (Å²) in [4.78, 5) is 7.07. The standard InChI is InChI=1S/C24H31N3O2/c1-16-18-7-5-6-8-20(18)26-22(19(16)15-25)27-11-9-24(10-12-27)14-17(28)13-21(29-24)23(2,3)4/h5-8,17,21,28H,9-14H2,1-4H3/t17-,21-/m1/s1. The molecule has 0 aliphatic carbocycles. The number of hydrogen-bond acceptors (Lipinski definition) is 5. The van der Waals surface area contributed by atoms with E-state index in [1.807, 2.05) is 31.2 Å². The summed E-state index contributed by atoms with van der Waals surface area (Å²) in [7, 11) is 0. The van der Waals surface area contributed by atoms with Crippen molar-refractivity contribution < 1.29 is 9.84 Å². The first-order valence-corrected chi connectivity index (χ1v) is 10.6. The van der Waals surface area contributed by atoms with E-state index in [9.17, 15) is 10.4 Å². The summed E-state index contributed by atoms with van der Waals surface area (Å²) in [6, 6.07) is 10.4. The van der Waals surface area contributed by atoms with Gasteiger partial charge in [-0.25, -0.2) is 4.98 Å². The second-order valence-electron chi connectivity index (χ2n) is 9.80. The number of hydrogen-bond donors (Lipinski definition) is 1. The predicted octanol–water partition coefficient (Wildman–Crippen LogP) is 4.34. The lowest BCUT2D eigenvalue weighted by atomic mass is 9.76. The minimum Gasteiger partial charge on any atom is -0.393 e. The number of para-hydroxylation sites is 1. The molecule has 2 aromatic rings. The van der Waals surface area contributed by atoms with Crippen molar-refractivity contribution in [2.24, 2.45) is 5.41 Å². The average molecular weight is 394 g/mol. The van der Waals surface area contributed by atoms with Gasteiger partial charge in [-0.05, 0) is 36.8 Å². The highest BCUT2D eigenvalue weighted by Gasteiger charge is 2.46. The van der Waals surface area contributed by atoms with Crippen molar-refractivity contribution in [3.63, 3.8) is 0 Å². The summed E-state index contributed by atoms with van der Waals surface area (Å²) in [6.45, 7) is 10.1. The molecule has 154 valence electrons. The van der Waals surface area contributed by atoms with Gasteiger partial charge in [-0.2, -0.15) is 5.26 Å². The van der Waals surface area contributed by atoms with E-state index in [1.165, 1.54) is 0 Å². The fourth-order valence-electron chi connectivity index (χ4n) is 4.86. The maximum atomic E-state index is 10.5. The molecule has 2 atom stereocenters. The van der Waals surface area contributed by atoms with Gasteiger partial charge in [-0.1, -0.05) is 39.0 Å². The van der Waals surface area contributed by atoms with Gasteiger partial charge in [0, 0.05) is 31.3 Å². The van der Waals surface area contributed by atoms with E-state index < -0.39 is 0 Å². The Morgan fingerprint density at radius 2 is 1.93 bits per heavy atom. The Labute approximate surface area is 173 Å². The fourth-order valence-corrected chi connectivity index (χ4v) is 4.86. The third kappa shape index (κ3) is 3.72. The summed E-state index contributed by atoms with van der Waals surface area (Å²) in [6.07, 6.45) is 2.84. The third-order valence-corrected chi connectivity index (χ3v) is 6.67. The maximum Gasteiger partial charge on any atom is 0.147 e. The van der Waals surface area contributed by atoms with Crippen molar-refractivity contribution in [2.45, 2.75) is 71.2 Å². The maximum absolute atomic E-state index is 10.5. The van der Waals surface area contributed by atoms with Gasteiger partial charge in [0.25, 0.3) is 0 Å². The Morgan fingerprint density at radius 3 is 2.59 bits per heavy atom. The molecule has 2 fully saturated rings. The first-order chi connectivity index (χ1) is 13.7. The van der Waals surface area contributed by atoms with Crippen LogP contribution >= 0.6 is 0 Å². The quantitative estimate of drug-likeness (QED) is 0.780. The molecule has 0 saturated carbocycles. The molecule has 0 radical (unpaired) electrons. The molecule has 2 aliphatic rings. The van der Waals surface area contributed by atoms with Gasteiger partial charge in [-0.3, -0.25) is 0 Å². The number of fused-ring (bicyclic) bond motifs is 1. The van der Waals surface area contributed by atoms with Crippen molar-refractivity contribution >= 4 is 16.7 Å². The van der Waals surface area contributed by atoms with Crippen LogP contribution in [-0.2, 0) is 4.74 Å². The first kappa shape index (κ1) is 20.1. The molecule has 5 heteroatoms. The van der Waals surface area contributed by atoms with Crippen LogP contribution in [0.1, 0.15) is 57.6 Å². The number of ether oxygens (including phenoxy) is 1. The number of aromatic nitrogens is 1.